The van der Waals surface area contributed by atoms with Crippen LogP contribution in [0.1, 0.15) is 5.56 Å². The SMILES string of the molecule is COc1cc(/C=N\NC(=O)CN(c2ccccc2)S(=O)(=O)c2ccccc2[N+](=O)[O-])cc(Br)c1O. The molecule has 0 fully saturated rings. The number of nitrogens with zero attached hydrogens (tertiary/aromatic N) is 3. The third-order valence-corrected chi connectivity index (χ3v) is 7.06. The Balaban J connectivity index is 1.88. The van der Waals surface area contributed by atoms with E-state index in [2.05, 4.69) is 26.5 Å². The highest BCUT2D eigenvalue weighted by Gasteiger charge is 2.33. The number of carbonyl (C=O) groups is 1. The molecule has 0 saturated heterocycles. The molecular weight excluding hydrogens is 544 g/mol. The highest BCUT2D eigenvalue weighted by molar-refractivity contribution is 9.10. The lowest BCUT2D eigenvalue weighted by atomic mass is 10.2. The number of hydrogen-bond acceptors (Lipinski definition) is 8. The van der Waals surface area contributed by atoms with Gasteiger partial charge >= 0.3 is 0 Å². The molecule has 0 heterocycles. The molecule has 182 valence electrons. The van der Waals surface area contributed by atoms with E-state index in [1.807, 2.05) is 0 Å². The summed E-state index contributed by atoms with van der Waals surface area (Å²) in [4.78, 5) is 22.7. The van der Waals surface area contributed by atoms with Crippen LogP contribution in [0.5, 0.6) is 11.5 Å². The van der Waals surface area contributed by atoms with Gasteiger partial charge in [0.2, 0.25) is 0 Å². The quantitative estimate of drug-likeness (QED) is 0.230. The summed E-state index contributed by atoms with van der Waals surface area (Å²) in [6.07, 6.45) is 1.27. The molecule has 11 nitrogen and oxygen atoms in total. The van der Waals surface area contributed by atoms with Crippen LogP contribution in [0.25, 0.3) is 0 Å². The average Bonchev–Trinajstić information content (AvgIpc) is 2.85. The Hall–Kier alpha value is -3.97. The van der Waals surface area contributed by atoms with Gasteiger partial charge in [0.15, 0.2) is 16.4 Å². The molecule has 1 amide bonds. The van der Waals surface area contributed by atoms with Crippen LogP contribution >= 0.6 is 15.9 Å². The molecule has 0 bridgehead atoms. The molecule has 2 N–H and O–H groups in total. The first-order valence-electron chi connectivity index (χ1n) is 9.84. The molecule has 0 aromatic heterocycles. The van der Waals surface area contributed by atoms with Gasteiger partial charge in [-0.2, -0.15) is 5.10 Å². The molecule has 0 atom stereocenters. The number of hydrazone groups is 1. The van der Waals surface area contributed by atoms with Gasteiger partial charge in [0.1, 0.15) is 6.54 Å². The standard InChI is InChI=1S/C22H19BrN4O7S/c1-34-19-12-15(11-17(23)22(19)29)13-24-25-21(28)14-26(16-7-3-2-4-8-16)35(32,33)20-10-6-5-9-18(20)27(30)31/h2-13,29H,14H2,1H3,(H,25,28)/b24-13-. The number of nitrogens with one attached hydrogen (secondary N) is 1. The number of sulfonamides is 1. The molecule has 0 aliphatic heterocycles. The van der Waals surface area contributed by atoms with E-state index in [0.717, 1.165) is 16.4 Å². The fraction of sp³-hybridized carbons (Fsp3) is 0.0909. The number of para-hydroxylation sites is 2. The van der Waals surface area contributed by atoms with Gasteiger partial charge in [0.25, 0.3) is 21.6 Å². The van der Waals surface area contributed by atoms with Crippen LogP contribution < -0.4 is 14.5 Å². The summed E-state index contributed by atoms with van der Waals surface area (Å²) in [5.74, 6) is -0.720. The van der Waals surface area contributed by atoms with Crippen molar-refractivity contribution in [3.8, 4) is 11.5 Å². The highest BCUT2D eigenvalue weighted by atomic mass is 79.9. The number of benzene rings is 3. The molecule has 0 spiro atoms. The van der Waals surface area contributed by atoms with Gasteiger partial charge in [-0.15, -0.1) is 0 Å². The molecule has 35 heavy (non-hydrogen) atoms. The van der Waals surface area contributed by atoms with Gasteiger partial charge in [-0.1, -0.05) is 30.3 Å². The number of amides is 1. The van der Waals surface area contributed by atoms with Crippen LogP contribution in [0.3, 0.4) is 0 Å². The van der Waals surface area contributed by atoms with Crippen LogP contribution in [0.2, 0.25) is 0 Å². The Morgan fingerprint density at radius 3 is 2.51 bits per heavy atom. The number of methoxy groups -OCH3 is 1. The summed E-state index contributed by atoms with van der Waals surface area (Å²) in [6, 6.07) is 15.6. The maximum atomic E-state index is 13.4. The number of ether oxygens (including phenoxy) is 1. The second-order valence-corrected chi connectivity index (χ2v) is 9.60. The molecule has 3 rings (SSSR count). The number of rotatable bonds is 9. The summed E-state index contributed by atoms with van der Waals surface area (Å²) in [7, 11) is -3.12. The Kier molecular flexibility index (Phi) is 8.04. The molecule has 3 aromatic rings. The molecule has 0 radical (unpaired) electrons. The van der Waals surface area contributed by atoms with Crippen molar-refractivity contribution in [2.45, 2.75) is 4.90 Å². The summed E-state index contributed by atoms with van der Waals surface area (Å²) in [6.45, 7) is -0.696. The van der Waals surface area contributed by atoms with Crippen molar-refractivity contribution >= 4 is 49.4 Å². The summed E-state index contributed by atoms with van der Waals surface area (Å²) < 4.78 is 32.9. The second-order valence-electron chi connectivity index (χ2n) is 6.92. The number of nitro groups is 1. The average molecular weight is 563 g/mol. The van der Waals surface area contributed by atoms with Crippen LogP contribution in [0, 0.1) is 10.1 Å². The maximum absolute atomic E-state index is 13.4. The van der Waals surface area contributed by atoms with Gasteiger partial charge in [-0.05, 0) is 51.8 Å². The summed E-state index contributed by atoms with van der Waals surface area (Å²) >= 11 is 3.18. The molecule has 0 aliphatic rings. The van der Waals surface area contributed by atoms with E-state index in [-0.39, 0.29) is 17.2 Å². The summed E-state index contributed by atoms with van der Waals surface area (Å²) in [5.41, 5.74) is 2.23. The van der Waals surface area contributed by atoms with E-state index < -0.39 is 38.0 Å². The Morgan fingerprint density at radius 2 is 1.86 bits per heavy atom. The number of anilines is 1. The largest absolute Gasteiger partial charge is 0.503 e. The van der Waals surface area contributed by atoms with Crippen LogP contribution in [-0.4, -0.2) is 44.2 Å². The smallest absolute Gasteiger partial charge is 0.289 e. The van der Waals surface area contributed by atoms with Crippen molar-refractivity contribution in [1.82, 2.24) is 5.43 Å². The van der Waals surface area contributed by atoms with E-state index in [0.29, 0.717) is 10.0 Å². The number of hydrogen-bond donors (Lipinski definition) is 2. The normalized spacial score (nSPS) is 11.3. The van der Waals surface area contributed by atoms with Crippen molar-refractivity contribution in [3.63, 3.8) is 0 Å². The zero-order valence-corrected chi connectivity index (χ0v) is 20.6. The summed E-state index contributed by atoms with van der Waals surface area (Å²) in [5, 5.41) is 25.1. The van der Waals surface area contributed by atoms with E-state index in [1.165, 1.54) is 49.7 Å². The monoisotopic (exact) mass is 562 g/mol. The van der Waals surface area contributed by atoms with Crippen LogP contribution in [0.15, 0.2) is 81.2 Å². The number of phenols is 1. The maximum Gasteiger partial charge on any atom is 0.289 e. The molecule has 13 heteroatoms. The van der Waals surface area contributed by atoms with Gasteiger partial charge in [0.05, 0.1) is 28.4 Å². The van der Waals surface area contributed by atoms with Gasteiger partial charge in [0, 0.05) is 6.07 Å². The molecule has 0 unspecified atom stereocenters. The predicted molar refractivity (Wildman–Crippen MR) is 132 cm³/mol. The lowest BCUT2D eigenvalue weighted by Gasteiger charge is -2.23. The minimum atomic E-state index is -4.49. The lowest BCUT2D eigenvalue weighted by molar-refractivity contribution is -0.387. The Labute approximate surface area is 209 Å². The zero-order chi connectivity index (χ0) is 25.6. The minimum absolute atomic E-state index is 0.104. The first-order chi connectivity index (χ1) is 16.6. The Morgan fingerprint density at radius 1 is 1.20 bits per heavy atom. The fourth-order valence-electron chi connectivity index (χ4n) is 3.02. The first kappa shape index (κ1) is 25.6. The fourth-order valence-corrected chi connectivity index (χ4v) is 5.06. The molecule has 0 aliphatic carbocycles. The number of nitro benzene ring substituents is 1. The third kappa shape index (κ3) is 5.94. The molecular formula is C22H19BrN4O7S. The zero-order valence-electron chi connectivity index (χ0n) is 18.2. The van der Waals surface area contributed by atoms with Gasteiger partial charge < -0.3 is 9.84 Å². The predicted octanol–water partition coefficient (Wildman–Crippen LogP) is 3.42. The number of halogens is 1. The number of aromatic hydroxyl groups is 1. The lowest BCUT2D eigenvalue weighted by Crippen LogP contribution is -2.39. The van der Waals surface area contributed by atoms with E-state index in [9.17, 15) is 28.4 Å². The van der Waals surface area contributed by atoms with Crippen molar-refractivity contribution in [2.75, 3.05) is 18.0 Å². The first-order valence-corrected chi connectivity index (χ1v) is 12.1. The van der Waals surface area contributed by atoms with E-state index in [4.69, 9.17) is 4.74 Å². The molecule has 0 saturated carbocycles. The topological polar surface area (TPSA) is 151 Å². The van der Waals surface area contributed by atoms with Gasteiger partial charge in [-0.3, -0.25) is 19.2 Å². The second kappa shape index (κ2) is 11.0. The minimum Gasteiger partial charge on any atom is -0.503 e. The van der Waals surface area contributed by atoms with Crippen molar-refractivity contribution in [2.24, 2.45) is 5.10 Å². The number of phenolic OH excluding ortho intramolecular Hbond substituents is 1. The van der Waals surface area contributed by atoms with Gasteiger partial charge in [-0.25, -0.2) is 13.8 Å². The Bertz CT molecular complexity index is 1380. The number of carbonyl (C=O) groups excluding carboxylic acids is 1. The van der Waals surface area contributed by atoms with Crippen LogP contribution in [-0.2, 0) is 14.8 Å². The van der Waals surface area contributed by atoms with Crippen molar-refractivity contribution < 1.29 is 28.0 Å². The van der Waals surface area contributed by atoms with E-state index in [1.54, 1.807) is 18.2 Å². The third-order valence-electron chi connectivity index (χ3n) is 4.63. The van der Waals surface area contributed by atoms with Crippen LogP contribution in [0.4, 0.5) is 11.4 Å². The molecule has 3 aromatic carbocycles. The van der Waals surface area contributed by atoms with Crippen molar-refractivity contribution in [3.05, 3.63) is 86.9 Å². The van der Waals surface area contributed by atoms with E-state index >= 15 is 0 Å². The highest BCUT2D eigenvalue weighted by Crippen LogP contribution is 2.34. The van der Waals surface area contributed by atoms with Crippen molar-refractivity contribution in [1.29, 1.82) is 0 Å².